The molecule has 1 N–H and O–H groups in total. The summed E-state index contributed by atoms with van der Waals surface area (Å²) >= 11 is 0.880. The molecule has 1 aliphatic rings. The molecule has 0 bridgehead atoms. The number of hydrogen-bond donors (Lipinski definition) is 1. The van der Waals surface area contributed by atoms with E-state index in [0.717, 1.165) is 11.1 Å². The van der Waals surface area contributed by atoms with Crippen LogP contribution in [0.5, 0.6) is 0 Å². The van der Waals surface area contributed by atoms with E-state index in [4.69, 9.17) is 4.55 Å². The quantitative estimate of drug-likeness (QED) is 0.348. The molecule has 1 nitrogen and oxygen atoms in total. The first-order valence-electron chi connectivity index (χ1n) is 2.15. The summed E-state index contributed by atoms with van der Waals surface area (Å²) < 4.78 is 8.50. The first-order chi connectivity index (χ1) is 3.93. The zero-order chi connectivity index (χ0) is 5.82. The highest BCUT2D eigenvalue weighted by molar-refractivity contribution is 8.82. The molecule has 0 aliphatic carbocycles. The standard InChI is InChI=1S/C5H6OS2/c6-7-8-4-2-1-3-5-8/h1-6H. The van der Waals surface area contributed by atoms with Crippen LogP contribution >= 0.6 is 20.6 Å². The zero-order valence-electron chi connectivity index (χ0n) is 4.15. The average molecular weight is 146 g/mol. The highest BCUT2D eigenvalue weighted by Gasteiger charge is 1.86. The van der Waals surface area contributed by atoms with Gasteiger partial charge >= 0.3 is 0 Å². The lowest BCUT2D eigenvalue weighted by atomic mass is 10.5. The van der Waals surface area contributed by atoms with Crippen molar-refractivity contribution in [2.75, 3.05) is 0 Å². The molecular weight excluding hydrogens is 140 g/mol. The molecule has 0 aromatic carbocycles. The first kappa shape index (κ1) is 6.13. The van der Waals surface area contributed by atoms with E-state index in [9.17, 15) is 0 Å². The van der Waals surface area contributed by atoms with Crippen molar-refractivity contribution in [3.63, 3.8) is 0 Å². The van der Waals surface area contributed by atoms with Crippen LogP contribution in [0.4, 0.5) is 0 Å². The fourth-order valence-electron chi connectivity index (χ4n) is 0.405. The molecule has 1 aliphatic heterocycles. The van der Waals surface area contributed by atoms with Crippen molar-refractivity contribution >= 4 is 26.0 Å². The summed E-state index contributed by atoms with van der Waals surface area (Å²) in [5.74, 6) is 0. The van der Waals surface area contributed by atoms with Gasteiger partial charge in [-0.15, -0.1) is 0 Å². The Morgan fingerprint density at radius 2 is 2.12 bits per heavy atom. The van der Waals surface area contributed by atoms with Crippen molar-refractivity contribution in [1.82, 2.24) is 0 Å². The van der Waals surface area contributed by atoms with E-state index in [1.807, 2.05) is 29.0 Å². The molecule has 0 aromatic heterocycles. The van der Waals surface area contributed by atoms with Crippen LogP contribution in [0.25, 0.3) is 0 Å². The third-order valence-electron chi connectivity index (χ3n) is 0.734. The summed E-state index contributed by atoms with van der Waals surface area (Å²) in [6.07, 6.45) is 5.82. The van der Waals surface area contributed by atoms with Gasteiger partial charge in [-0.1, -0.05) is 27.7 Å². The van der Waals surface area contributed by atoms with Crippen LogP contribution in [0.2, 0.25) is 0 Å². The lowest BCUT2D eigenvalue weighted by Gasteiger charge is -1.95. The van der Waals surface area contributed by atoms with Crippen molar-refractivity contribution in [1.29, 1.82) is 0 Å². The summed E-state index contributed by atoms with van der Waals surface area (Å²) in [5.41, 5.74) is 0. The van der Waals surface area contributed by atoms with E-state index >= 15 is 0 Å². The molecule has 1 unspecified atom stereocenters. The summed E-state index contributed by atoms with van der Waals surface area (Å²) in [5, 5.41) is 3.93. The number of hydrogen-bond acceptors (Lipinski definition) is 2. The van der Waals surface area contributed by atoms with Gasteiger partial charge in [0.2, 0.25) is 0 Å². The molecule has 3 heteroatoms. The second-order valence-electron chi connectivity index (χ2n) is 1.25. The molecular formula is C5H6OS2. The van der Waals surface area contributed by atoms with Crippen LogP contribution in [0, 0.1) is 0 Å². The Balaban J connectivity index is 2.68. The van der Waals surface area contributed by atoms with Crippen LogP contribution in [0.15, 0.2) is 23.6 Å². The van der Waals surface area contributed by atoms with Gasteiger partial charge in [0.15, 0.2) is 0 Å². The largest absolute Gasteiger partial charge is 0.321 e. The minimum absolute atomic E-state index is 0.0718. The molecule has 0 fully saturated rings. The van der Waals surface area contributed by atoms with Crippen LogP contribution < -0.4 is 0 Å². The van der Waals surface area contributed by atoms with E-state index in [0.29, 0.717) is 0 Å². The Bertz CT molecular complexity index is 158. The maximum absolute atomic E-state index is 8.50. The van der Waals surface area contributed by atoms with Crippen molar-refractivity contribution in [3.05, 3.63) is 23.6 Å². The van der Waals surface area contributed by atoms with Gasteiger partial charge in [0, 0.05) is 0 Å². The molecule has 0 radical (unpaired) electrons. The molecule has 1 rings (SSSR count). The summed E-state index contributed by atoms with van der Waals surface area (Å²) in [4.78, 5) is 0. The summed E-state index contributed by atoms with van der Waals surface area (Å²) in [6, 6.07) is 0. The van der Waals surface area contributed by atoms with Crippen molar-refractivity contribution < 1.29 is 4.55 Å². The Morgan fingerprint density at radius 3 is 2.50 bits per heavy atom. The Labute approximate surface area is 54.6 Å². The predicted molar refractivity (Wildman–Crippen MR) is 42.2 cm³/mol. The fourth-order valence-corrected chi connectivity index (χ4v) is 1.77. The van der Waals surface area contributed by atoms with E-state index in [1.165, 1.54) is 0 Å². The third-order valence-corrected chi connectivity index (χ3v) is 2.94. The Hall–Kier alpha value is 0.01000. The van der Waals surface area contributed by atoms with Gasteiger partial charge in [-0.3, -0.25) is 0 Å². The van der Waals surface area contributed by atoms with Gasteiger partial charge in [-0.25, -0.2) is 0 Å². The first-order valence-corrected chi connectivity index (χ1v) is 4.80. The third kappa shape index (κ3) is 1.51. The van der Waals surface area contributed by atoms with Gasteiger partial charge < -0.3 is 4.55 Å². The van der Waals surface area contributed by atoms with E-state index in [-0.39, 0.29) is 9.52 Å². The van der Waals surface area contributed by atoms with Gasteiger partial charge in [0.1, 0.15) is 0 Å². The second kappa shape index (κ2) is 3.12. The van der Waals surface area contributed by atoms with Gasteiger partial charge in [-0.05, 0) is 10.8 Å². The highest BCUT2D eigenvalue weighted by atomic mass is 33.1. The van der Waals surface area contributed by atoms with Gasteiger partial charge in [-0.2, -0.15) is 0 Å². The predicted octanol–water partition coefficient (Wildman–Crippen LogP) is 2.26. The zero-order valence-corrected chi connectivity index (χ0v) is 5.78. The van der Waals surface area contributed by atoms with E-state index < -0.39 is 0 Å². The van der Waals surface area contributed by atoms with Crippen LogP contribution in [-0.4, -0.2) is 9.92 Å². The second-order valence-corrected chi connectivity index (χ2v) is 4.20. The maximum Gasteiger partial charge on any atom is 0.0570 e. The molecule has 0 saturated carbocycles. The molecule has 8 heavy (non-hydrogen) atoms. The highest BCUT2D eigenvalue weighted by Crippen LogP contribution is 2.29. The van der Waals surface area contributed by atoms with E-state index in [1.54, 1.807) is 0 Å². The fraction of sp³-hybridized carbons (Fsp3) is 0. The number of rotatable bonds is 1. The minimum atomic E-state index is -0.0718. The lowest BCUT2D eigenvalue weighted by Crippen LogP contribution is -1.67. The Morgan fingerprint density at radius 1 is 1.25 bits per heavy atom. The molecule has 0 aromatic rings. The molecule has 1 atom stereocenters. The van der Waals surface area contributed by atoms with Crippen LogP contribution in [-0.2, 0) is 0 Å². The minimum Gasteiger partial charge on any atom is -0.321 e. The molecule has 0 spiro atoms. The van der Waals surface area contributed by atoms with Crippen LogP contribution in [0.1, 0.15) is 0 Å². The maximum atomic E-state index is 8.50. The number of allylic oxidation sites excluding steroid dienone is 3. The normalized spacial score (nSPS) is 25.4. The monoisotopic (exact) mass is 146 g/mol. The van der Waals surface area contributed by atoms with Crippen molar-refractivity contribution in [3.8, 4) is 0 Å². The lowest BCUT2D eigenvalue weighted by molar-refractivity contribution is 0.676. The smallest absolute Gasteiger partial charge is 0.0570 e. The average Bonchev–Trinajstić information content (AvgIpc) is 1.90. The van der Waals surface area contributed by atoms with Crippen LogP contribution in [0.3, 0.4) is 0 Å². The molecule has 44 valence electrons. The Kier molecular flexibility index (Phi) is 2.39. The van der Waals surface area contributed by atoms with Crippen molar-refractivity contribution in [2.45, 2.75) is 0 Å². The van der Waals surface area contributed by atoms with E-state index in [2.05, 4.69) is 0 Å². The summed E-state index contributed by atoms with van der Waals surface area (Å²) in [6.45, 7) is 0. The SMILES string of the molecule is OSS1=CC=CC=C1. The molecule has 1 heterocycles. The van der Waals surface area contributed by atoms with Gasteiger partial charge in [0.25, 0.3) is 0 Å². The van der Waals surface area contributed by atoms with Gasteiger partial charge in [0.05, 0.1) is 11.1 Å². The molecule has 0 saturated heterocycles. The topological polar surface area (TPSA) is 20.2 Å². The molecule has 0 amide bonds. The van der Waals surface area contributed by atoms with Crippen molar-refractivity contribution in [2.24, 2.45) is 0 Å². The summed E-state index contributed by atoms with van der Waals surface area (Å²) in [7, 11) is -0.0718.